The summed E-state index contributed by atoms with van der Waals surface area (Å²) in [4.78, 5) is 0. The molecule has 2 saturated carbocycles. The van der Waals surface area contributed by atoms with Crippen LogP contribution in [0.5, 0.6) is 0 Å². The van der Waals surface area contributed by atoms with Crippen molar-refractivity contribution in [2.45, 2.75) is 275 Å². The molecule has 4 unspecified atom stereocenters. The van der Waals surface area contributed by atoms with Gasteiger partial charge >= 0.3 is 0 Å². The van der Waals surface area contributed by atoms with Crippen LogP contribution in [0.4, 0.5) is 0 Å². The van der Waals surface area contributed by atoms with Gasteiger partial charge in [0.2, 0.25) is 0 Å². The summed E-state index contributed by atoms with van der Waals surface area (Å²) in [5.41, 5.74) is 11.4. The number of rotatable bonds is 37. The predicted octanol–water partition coefficient (Wildman–Crippen LogP) is 20.4. The maximum atomic E-state index is 7.87. The summed E-state index contributed by atoms with van der Waals surface area (Å²) in [6.45, 7) is 14.6. The van der Waals surface area contributed by atoms with Gasteiger partial charge in [-0.1, -0.05) is 293 Å². The zero-order chi connectivity index (χ0) is 49.1. The van der Waals surface area contributed by atoms with Crippen molar-refractivity contribution in [3.63, 3.8) is 0 Å². The van der Waals surface area contributed by atoms with E-state index in [1.807, 2.05) is 0 Å². The molecule has 0 spiro atoms. The lowest BCUT2D eigenvalue weighted by molar-refractivity contribution is 0.222. The van der Waals surface area contributed by atoms with Crippen LogP contribution in [0.1, 0.15) is 272 Å². The molecule has 0 N–H and O–H groups in total. The van der Waals surface area contributed by atoms with Crippen molar-refractivity contribution in [2.75, 3.05) is 0 Å². The lowest BCUT2D eigenvalue weighted by Crippen LogP contribution is -2.46. The maximum Gasteiger partial charge on any atom is 0.126 e. The Labute approximate surface area is 431 Å². The van der Waals surface area contributed by atoms with Crippen LogP contribution in [0.3, 0.4) is 0 Å². The topological polar surface area (TPSA) is 12.5 Å². The van der Waals surface area contributed by atoms with Crippen molar-refractivity contribution in [1.82, 2.24) is 0 Å². The number of aryl methyl sites for hydroxylation is 4. The van der Waals surface area contributed by atoms with Crippen LogP contribution >= 0.6 is 0 Å². The van der Waals surface area contributed by atoms with E-state index >= 15 is 0 Å². The van der Waals surface area contributed by atoms with E-state index in [4.69, 9.17) is 4.74 Å². The van der Waals surface area contributed by atoms with E-state index in [-0.39, 0.29) is 22.0 Å². The molecule has 3 aliphatic rings. The Kier molecular flexibility index (Phi) is 21.2. The third kappa shape index (κ3) is 11.8. The monoisotopic (exact) mass is 946 g/mol. The molecule has 383 valence electrons. The van der Waals surface area contributed by atoms with Gasteiger partial charge in [0.15, 0.2) is 0 Å². The highest BCUT2D eigenvalue weighted by molar-refractivity contribution is 5.79. The Morgan fingerprint density at radius 1 is 0.371 bits per heavy atom. The minimum atomic E-state index is -0.303. The second-order valence-electron chi connectivity index (χ2n) is 23.1. The number of hydrogen-bond donors (Lipinski definition) is 0. The molecule has 1 heteroatoms. The van der Waals surface area contributed by atoms with E-state index < -0.39 is 0 Å². The van der Waals surface area contributed by atoms with Crippen LogP contribution < -0.4 is 0 Å². The molecular formula is C69H101O. The number of unbranched alkanes of at least 4 members (excludes halogenated alkanes) is 24. The van der Waals surface area contributed by atoms with Crippen molar-refractivity contribution in [2.24, 2.45) is 5.92 Å². The SMILES string of the molecule is CCCCCCCCCc1ccccc1C1(C)[C](C23CC(C)C2(c2ccccc2CCCCCCCCC)O3)C1(c1ccccc1CCCCCCCCC)c1ccccc1CCCCCCCCC. The Morgan fingerprint density at radius 3 is 1.01 bits per heavy atom. The van der Waals surface area contributed by atoms with Crippen LogP contribution in [0, 0.1) is 11.8 Å². The minimum absolute atomic E-state index is 0.230. The first-order valence-corrected chi connectivity index (χ1v) is 30.3. The van der Waals surface area contributed by atoms with Crippen molar-refractivity contribution < 1.29 is 4.74 Å². The fraction of sp³-hybridized carbons (Fsp3) is 0.638. The van der Waals surface area contributed by atoms with Crippen molar-refractivity contribution in [3.8, 4) is 0 Å². The third-order valence-corrected chi connectivity index (χ3v) is 18.2. The van der Waals surface area contributed by atoms with Crippen LogP contribution in [0.15, 0.2) is 97.1 Å². The zero-order valence-electron chi connectivity index (χ0n) is 46.1. The average molecular weight is 947 g/mol. The van der Waals surface area contributed by atoms with E-state index in [0.29, 0.717) is 5.92 Å². The van der Waals surface area contributed by atoms with E-state index in [1.165, 1.54) is 191 Å². The van der Waals surface area contributed by atoms with Gasteiger partial charge in [0.1, 0.15) is 11.2 Å². The highest BCUT2D eigenvalue weighted by Crippen LogP contribution is 2.90. The Bertz CT molecular complexity index is 2070. The van der Waals surface area contributed by atoms with E-state index in [2.05, 4.69) is 139 Å². The first-order valence-electron chi connectivity index (χ1n) is 30.3. The Morgan fingerprint density at radius 2 is 0.657 bits per heavy atom. The van der Waals surface area contributed by atoms with Gasteiger partial charge < -0.3 is 4.74 Å². The highest BCUT2D eigenvalue weighted by atomic mass is 16.6. The molecule has 2 aliphatic carbocycles. The number of benzene rings is 4. The molecule has 1 nitrogen and oxygen atoms in total. The second kappa shape index (κ2) is 27.2. The molecule has 4 aromatic rings. The largest absolute Gasteiger partial charge is 0.356 e. The molecule has 1 aliphatic heterocycles. The normalized spacial score (nSPS) is 22.2. The summed E-state index contributed by atoms with van der Waals surface area (Å²) >= 11 is 0. The standard InChI is InChI=1S/C69H101O/c1-7-11-15-19-23-27-31-43-57-47-35-39-51-61(57)66(6)65(67-55-56(5)69(67,70-67)64-54-42-38-50-60(64)46-34-30-26-22-18-14-10-4)68(66,62-52-40-36-48-58(62)44-32-28-24-20-16-12-8-2)63-53-41-37-49-59(63)45-33-29-25-21-17-13-9-3/h35-42,47-54,56H,7-34,43-46,55H2,1-6H3. The van der Waals surface area contributed by atoms with Crippen LogP contribution in [0.2, 0.25) is 0 Å². The van der Waals surface area contributed by atoms with Gasteiger partial charge in [-0.15, -0.1) is 0 Å². The van der Waals surface area contributed by atoms with Crippen LogP contribution in [-0.2, 0) is 46.9 Å². The van der Waals surface area contributed by atoms with Crippen molar-refractivity contribution >= 4 is 0 Å². The molecule has 70 heavy (non-hydrogen) atoms. The van der Waals surface area contributed by atoms with Gasteiger partial charge in [-0.05, 0) is 108 Å². The number of epoxide rings is 1. The lowest BCUT2D eigenvalue weighted by Gasteiger charge is -2.39. The molecule has 0 aromatic heterocycles. The van der Waals surface area contributed by atoms with Gasteiger partial charge in [0.05, 0.1) is 0 Å². The third-order valence-electron chi connectivity index (χ3n) is 18.2. The van der Waals surface area contributed by atoms with Crippen LogP contribution in [0.25, 0.3) is 0 Å². The summed E-state index contributed by atoms with van der Waals surface area (Å²) in [5, 5.41) is 0. The quantitative estimate of drug-likeness (QED) is 0.0324. The first kappa shape index (κ1) is 54.6. The number of fused-ring (bicyclic) bond motifs is 1. The number of ether oxygens (including phenoxy) is 1. The van der Waals surface area contributed by atoms with Gasteiger partial charge in [0.25, 0.3) is 0 Å². The van der Waals surface area contributed by atoms with Crippen LogP contribution in [-0.4, -0.2) is 5.60 Å². The van der Waals surface area contributed by atoms with Crippen molar-refractivity contribution in [1.29, 1.82) is 0 Å². The molecule has 7 rings (SSSR count). The molecule has 0 bridgehead atoms. The summed E-state index contributed by atoms with van der Waals surface area (Å²) in [6.07, 6.45) is 43.2. The smallest absolute Gasteiger partial charge is 0.126 e. The molecule has 3 fully saturated rings. The fourth-order valence-electron chi connectivity index (χ4n) is 14.4. The summed E-state index contributed by atoms with van der Waals surface area (Å²) in [6, 6.07) is 39.2. The maximum absolute atomic E-state index is 7.87. The minimum Gasteiger partial charge on any atom is -0.356 e. The molecule has 0 amide bonds. The van der Waals surface area contributed by atoms with Gasteiger partial charge in [-0.2, -0.15) is 0 Å². The fourth-order valence-corrected chi connectivity index (χ4v) is 14.4. The lowest BCUT2D eigenvalue weighted by atomic mass is 9.58. The van der Waals surface area contributed by atoms with Gasteiger partial charge in [0, 0.05) is 16.7 Å². The van der Waals surface area contributed by atoms with E-state index in [1.54, 1.807) is 39.3 Å². The molecule has 1 saturated heterocycles. The summed E-state index contributed by atoms with van der Waals surface area (Å²) in [7, 11) is 0. The molecule has 4 atom stereocenters. The molecular weight excluding hydrogens is 845 g/mol. The molecule has 1 radical (unpaired) electrons. The first-order chi connectivity index (χ1) is 34.4. The molecule has 1 heterocycles. The number of hydrogen-bond acceptors (Lipinski definition) is 1. The predicted molar refractivity (Wildman–Crippen MR) is 303 cm³/mol. The van der Waals surface area contributed by atoms with Gasteiger partial charge in [-0.25, -0.2) is 0 Å². The van der Waals surface area contributed by atoms with Gasteiger partial charge in [-0.3, -0.25) is 0 Å². The Hall–Kier alpha value is -3.16. The Balaban J connectivity index is 1.33. The van der Waals surface area contributed by atoms with E-state index in [0.717, 1.165) is 32.1 Å². The van der Waals surface area contributed by atoms with Crippen molar-refractivity contribution in [3.05, 3.63) is 147 Å². The summed E-state index contributed by atoms with van der Waals surface area (Å²) < 4.78 is 7.87. The van der Waals surface area contributed by atoms with E-state index in [9.17, 15) is 0 Å². The zero-order valence-corrected chi connectivity index (χ0v) is 46.1. The average Bonchev–Trinajstić information content (AvgIpc) is 4.18. The highest BCUT2D eigenvalue weighted by Gasteiger charge is 2.96. The summed E-state index contributed by atoms with van der Waals surface area (Å²) in [5.74, 6) is 2.15. The second-order valence-corrected chi connectivity index (χ2v) is 23.1. The molecule has 4 aromatic carbocycles.